The minimum absolute atomic E-state index is 0.0131. The summed E-state index contributed by atoms with van der Waals surface area (Å²) < 4.78 is 73.8. The van der Waals surface area contributed by atoms with Crippen LogP contribution in [0.15, 0.2) is 24.4 Å². The highest BCUT2D eigenvalue weighted by Gasteiger charge is 2.38. The molecule has 15 heteroatoms. The van der Waals surface area contributed by atoms with Crippen LogP contribution in [0.25, 0.3) is 22.9 Å². The van der Waals surface area contributed by atoms with Gasteiger partial charge in [-0.15, -0.1) is 0 Å². The standard InChI is InChI=1S/C26H37N5O8S2/c1-17(2)13-26(15-37-40(6,32)33,16-38-41(7,34)35)39-20-8-9-21-23(12-20)36-11-10-30-14-22(28-24(21)30)25-27-19(5)29-31(25)18(3)4/h8-9,12,14,17-18H,10-11,13,15-16H2,1-7H3. The van der Waals surface area contributed by atoms with Crippen molar-refractivity contribution in [3.63, 3.8) is 0 Å². The average Bonchev–Trinajstić information content (AvgIpc) is 3.40. The van der Waals surface area contributed by atoms with E-state index in [0.29, 0.717) is 47.8 Å². The fourth-order valence-corrected chi connectivity index (χ4v) is 5.54. The van der Waals surface area contributed by atoms with Crippen LogP contribution in [0.2, 0.25) is 0 Å². The molecule has 4 rings (SSSR count). The Morgan fingerprint density at radius 2 is 1.66 bits per heavy atom. The number of aromatic nitrogens is 5. The number of aryl methyl sites for hydroxylation is 1. The molecule has 0 radical (unpaired) electrons. The van der Waals surface area contributed by atoms with E-state index in [-0.39, 0.29) is 18.4 Å². The summed E-state index contributed by atoms with van der Waals surface area (Å²) in [4.78, 5) is 9.47. The maximum atomic E-state index is 11.9. The molecule has 1 aliphatic heterocycles. The molecule has 0 N–H and O–H groups in total. The number of ether oxygens (including phenoxy) is 2. The Labute approximate surface area is 241 Å². The van der Waals surface area contributed by atoms with Gasteiger partial charge in [-0.3, -0.25) is 8.37 Å². The number of fused-ring (bicyclic) bond motifs is 3. The number of hydrogen-bond donors (Lipinski definition) is 0. The van der Waals surface area contributed by atoms with Crippen molar-refractivity contribution >= 4 is 20.2 Å². The molecule has 0 aliphatic carbocycles. The average molecular weight is 612 g/mol. The van der Waals surface area contributed by atoms with Crippen molar-refractivity contribution in [3.05, 3.63) is 30.2 Å². The summed E-state index contributed by atoms with van der Waals surface area (Å²) in [6.07, 6.45) is 4.02. The quantitative estimate of drug-likeness (QED) is 0.277. The van der Waals surface area contributed by atoms with E-state index in [9.17, 15) is 16.8 Å². The van der Waals surface area contributed by atoms with Crippen molar-refractivity contribution in [2.24, 2.45) is 5.92 Å². The van der Waals surface area contributed by atoms with E-state index in [1.807, 2.05) is 50.1 Å². The lowest BCUT2D eigenvalue weighted by Crippen LogP contribution is -2.47. The van der Waals surface area contributed by atoms with E-state index in [1.54, 1.807) is 18.2 Å². The van der Waals surface area contributed by atoms with Crippen LogP contribution in [0, 0.1) is 12.8 Å². The first kappa shape index (κ1) is 30.9. The normalized spacial score (nSPS) is 14.1. The molecule has 1 aromatic carbocycles. The first-order valence-electron chi connectivity index (χ1n) is 13.2. The Morgan fingerprint density at radius 1 is 1.00 bits per heavy atom. The molecule has 2 aromatic heterocycles. The largest absolute Gasteiger partial charge is 0.491 e. The Morgan fingerprint density at radius 3 is 2.24 bits per heavy atom. The highest BCUT2D eigenvalue weighted by Crippen LogP contribution is 2.38. The van der Waals surface area contributed by atoms with Gasteiger partial charge in [0.2, 0.25) is 0 Å². The molecule has 226 valence electrons. The minimum atomic E-state index is -3.85. The first-order valence-corrected chi connectivity index (χ1v) is 16.8. The van der Waals surface area contributed by atoms with Gasteiger partial charge in [0.05, 0.1) is 24.6 Å². The zero-order valence-corrected chi connectivity index (χ0v) is 26.0. The van der Waals surface area contributed by atoms with E-state index in [2.05, 4.69) is 10.1 Å². The van der Waals surface area contributed by atoms with E-state index in [4.69, 9.17) is 22.8 Å². The van der Waals surface area contributed by atoms with Crippen LogP contribution in [-0.2, 0) is 35.1 Å². The Hall–Kier alpha value is -3.01. The van der Waals surface area contributed by atoms with Gasteiger partial charge >= 0.3 is 0 Å². The molecule has 0 fully saturated rings. The molecule has 41 heavy (non-hydrogen) atoms. The first-order chi connectivity index (χ1) is 19.0. The third kappa shape index (κ3) is 7.84. The van der Waals surface area contributed by atoms with Crippen LogP contribution in [-0.4, -0.2) is 79.1 Å². The molecule has 0 saturated heterocycles. The number of nitrogens with zero attached hydrogens (tertiary/aromatic N) is 5. The molecule has 0 amide bonds. The van der Waals surface area contributed by atoms with Crippen LogP contribution in [0.4, 0.5) is 0 Å². The number of hydrogen-bond acceptors (Lipinski definition) is 11. The summed E-state index contributed by atoms with van der Waals surface area (Å²) in [5, 5.41) is 4.50. The SMILES string of the molecule is Cc1nc(-c2cn3c(n2)-c2ccc(OC(COS(C)(=O)=O)(COS(C)(=O)=O)CC(C)C)cc2OCC3)n(C(C)C)n1. The Bertz CT molecular complexity index is 1570. The maximum Gasteiger partial charge on any atom is 0.264 e. The van der Waals surface area contributed by atoms with Gasteiger partial charge in [0.1, 0.15) is 48.7 Å². The number of rotatable bonds is 12. The molecule has 1 aliphatic rings. The van der Waals surface area contributed by atoms with Crippen LogP contribution in [0.5, 0.6) is 11.5 Å². The number of imidazole rings is 1. The lowest BCUT2D eigenvalue weighted by atomic mass is 9.93. The molecule has 3 aromatic rings. The molecular formula is C26H37N5O8S2. The lowest BCUT2D eigenvalue weighted by molar-refractivity contribution is -0.0292. The van der Waals surface area contributed by atoms with Crippen LogP contribution < -0.4 is 9.47 Å². The topological polar surface area (TPSA) is 154 Å². The van der Waals surface area contributed by atoms with Crippen molar-refractivity contribution in [2.45, 2.75) is 59.2 Å². The van der Waals surface area contributed by atoms with Crippen molar-refractivity contribution < 1.29 is 34.7 Å². The third-order valence-corrected chi connectivity index (χ3v) is 7.29. The van der Waals surface area contributed by atoms with E-state index in [0.717, 1.165) is 18.1 Å². The third-order valence-electron chi connectivity index (χ3n) is 6.20. The smallest absolute Gasteiger partial charge is 0.264 e. The Kier molecular flexibility index (Phi) is 8.83. The van der Waals surface area contributed by atoms with E-state index >= 15 is 0 Å². The monoisotopic (exact) mass is 611 g/mol. The number of benzene rings is 1. The molecular weight excluding hydrogens is 574 g/mol. The summed E-state index contributed by atoms with van der Waals surface area (Å²) in [5.41, 5.74) is -0.0130. The zero-order valence-electron chi connectivity index (χ0n) is 24.3. The van der Waals surface area contributed by atoms with Gasteiger partial charge in [-0.25, -0.2) is 14.6 Å². The van der Waals surface area contributed by atoms with E-state index < -0.39 is 39.1 Å². The van der Waals surface area contributed by atoms with Gasteiger partial charge < -0.3 is 14.0 Å². The van der Waals surface area contributed by atoms with Crippen molar-refractivity contribution in [1.29, 1.82) is 0 Å². The Balaban J connectivity index is 1.71. The summed E-state index contributed by atoms with van der Waals surface area (Å²) in [7, 11) is -7.70. The van der Waals surface area contributed by atoms with Gasteiger partial charge in [0.15, 0.2) is 11.4 Å². The summed E-state index contributed by atoms with van der Waals surface area (Å²) in [6.45, 7) is 9.73. The molecule has 0 unspecified atom stereocenters. The summed E-state index contributed by atoms with van der Waals surface area (Å²) >= 11 is 0. The summed E-state index contributed by atoms with van der Waals surface area (Å²) in [5.74, 6) is 2.84. The molecule has 0 bridgehead atoms. The van der Waals surface area contributed by atoms with Crippen LogP contribution in [0.3, 0.4) is 0 Å². The lowest BCUT2D eigenvalue weighted by Gasteiger charge is -2.34. The molecule has 13 nitrogen and oxygen atoms in total. The predicted molar refractivity (Wildman–Crippen MR) is 152 cm³/mol. The minimum Gasteiger partial charge on any atom is -0.491 e. The predicted octanol–water partition coefficient (Wildman–Crippen LogP) is 3.21. The second kappa shape index (κ2) is 11.7. The van der Waals surface area contributed by atoms with Crippen LogP contribution in [0.1, 0.15) is 46.0 Å². The second-order valence-electron chi connectivity index (χ2n) is 11.0. The van der Waals surface area contributed by atoms with Gasteiger partial charge in [0.25, 0.3) is 20.2 Å². The van der Waals surface area contributed by atoms with Crippen LogP contribution >= 0.6 is 0 Å². The van der Waals surface area contributed by atoms with Gasteiger partial charge in [-0.2, -0.15) is 21.9 Å². The molecule has 3 heterocycles. The second-order valence-corrected chi connectivity index (χ2v) is 14.3. The fraction of sp³-hybridized carbons (Fsp3) is 0.577. The molecule has 0 saturated carbocycles. The maximum absolute atomic E-state index is 11.9. The zero-order chi connectivity index (χ0) is 30.2. The fourth-order valence-electron chi connectivity index (χ4n) is 4.68. The molecule has 0 spiro atoms. The van der Waals surface area contributed by atoms with Gasteiger partial charge in [0, 0.05) is 18.3 Å². The summed E-state index contributed by atoms with van der Waals surface area (Å²) in [6, 6.07) is 5.28. The van der Waals surface area contributed by atoms with Gasteiger partial charge in [-0.1, -0.05) is 13.8 Å². The van der Waals surface area contributed by atoms with Crippen molar-refractivity contribution in [1.82, 2.24) is 24.3 Å². The highest BCUT2D eigenvalue weighted by molar-refractivity contribution is 7.86. The molecule has 0 atom stereocenters. The van der Waals surface area contributed by atoms with Crippen molar-refractivity contribution in [3.8, 4) is 34.4 Å². The van der Waals surface area contributed by atoms with Gasteiger partial charge in [-0.05, 0) is 45.2 Å². The van der Waals surface area contributed by atoms with E-state index in [1.165, 1.54) is 0 Å². The highest BCUT2D eigenvalue weighted by atomic mass is 32.2. The van der Waals surface area contributed by atoms with Crippen molar-refractivity contribution in [2.75, 3.05) is 32.3 Å².